The van der Waals surface area contributed by atoms with E-state index in [-0.39, 0.29) is 24.9 Å². The Kier molecular flexibility index (Phi) is 6.69. The van der Waals surface area contributed by atoms with Gasteiger partial charge in [0.15, 0.2) is 0 Å². The molecule has 1 atom stereocenters. The minimum atomic E-state index is -4.04. The number of rotatable bonds is 5. The first-order valence-electron chi connectivity index (χ1n) is 5.01. The molecule has 0 saturated heterocycles. The zero-order valence-corrected chi connectivity index (χ0v) is 11.3. The molecule has 0 bridgehead atoms. The normalized spacial score (nSPS) is 12.9. The summed E-state index contributed by atoms with van der Waals surface area (Å²) < 4.78 is 51.6. The van der Waals surface area contributed by atoms with Crippen molar-refractivity contribution < 1.29 is 17.2 Å². The maximum absolute atomic E-state index is 13.3. The van der Waals surface area contributed by atoms with Crippen LogP contribution in [-0.4, -0.2) is 21.5 Å². The van der Waals surface area contributed by atoms with Crippen LogP contribution in [0.4, 0.5) is 8.78 Å². The lowest BCUT2D eigenvalue weighted by atomic mass is 10.2. The molecule has 0 radical (unpaired) electrons. The highest BCUT2D eigenvalue weighted by Crippen LogP contribution is 2.15. The Hall–Kier alpha value is -0.760. The van der Waals surface area contributed by atoms with Gasteiger partial charge in [-0.2, -0.15) is 0 Å². The third-order valence-electron chi connectivity index (χ3n) is 2.21. The van der Waals surface area contributed by atoms with Gasteiger partial charge in [0.05, 0.1) is 0 Å². The molecule has 0 aromatic heterocycles. The van der Waals surface area contributed by atoms with Crippen LogP contribution in [0.15, 0.2) is 23.1 Å². The van der Waals surface area contributed by atoms with E-state index in [4.69, 9.17) is 5.73 Å². The molecule has 3 N–H and O–H groups in total. The second-order valence-corrected chi connectivity index (χ2v) is 5.50. The molecule has 0 spiro atoms. The molecular formula is C10H15ClF2N2O2S. The lowest BCUT2D eigenvalue weighted by molar-refractivity contribution is 0.528. The van der Waals surface area contributed by atoms with Crippen LogP contribution in [0.1, 0.15) is 6.92 Å². The molecule has 0 amide bonds. The number of hydrogen-bond acceptors (Lipinski definition) is 3. The smallest absolute Gasteiger partial charge is 0.243 e. The van der Waals surface area contributed by atoms with Crippen LogP contribution < -0.4 is 10.5 Å². The average molecular weight is 301 g/mol. The number of nitrogens with two attached hydrogens (primary N) is 1. The molecule has 0 aliphatic rings. The number of hydrogen-bond donors (Lipinski definition) is 2. The van der Waals surface area contributed by atoms with Crippen LogP contribution >= 0.6 is 12.4 Å². The maximum atomic E-state index is 13.3. The highest BCUT2D eigenvalue weighted by atomic mass is 35.5. The van der Waals surface area contributed by atoms with Crippen molar-refractivity contribution in [1.29, 1.82) is 0 Å². The van der Waals surface area contributed by atoms with Gasteiger partial charge in [-0.15, -0.1) is 12.4 Å². The van der Waals surface area contributed by atoms with Gasteiger partial charge in [0.1, 0.15) is 16.5 Å². The first kappa shape index (κ1) is 17.2. The third kappa shape index (κ3) is 4.49. The third-order valence-corrected chi connectivity index (χ3v) is 3.65. The van der Waals surface area contributed by atoms with Crippen LogP contribution in [0.3, 0.4) is 0 Å². The Balaban J connectivity index is 0.00000289. The molecule has 8 heteroatoms. The van der Waals surface area contributed by atoms with Crippen molar-refractivity contribution in [3.8, 4) is 0 Å². The van der Waals surface area contributed by atoms with Crippen molar-refractivity contribution in [2.45, 2.75) is 11.8 Å². The number of benzene rings is 1. The van der Waals surface area contributed by atoms with Crippen LogP contribution in [0.25, 0.3) is 0 Å². The first-order valence-corrected chi connectivity index (χ1v) is 6.50. The largest absolute Gasteiger partial charge is 0.330 e. The molecular weight excluding hydrogens is 286 g/mol. The van der Waals surface area contributed by atoms with Gasteiger partial charge in [0.25, 0.3) is 0 Å². The van der Waals surface area contributed by atoms with Crippen molar-refractivity contribution in [2.24, 2.45) is 11.7 Å². The van der Waals surface area contributed by atoms with Gasteiger partial charge in [-0.25, -0.2) is 21.9 Å². The quantitative estimate of drug-likeness (QED) is 0.860. The van der Waals surface area contributed by atoms with E-state index in [0.717, 1.165) is 12.1 Å². The summed E-state index contributed by atoms with van der Waals surface area (Å²) in [5.74, 6) is -1.88. The summed E-state index contributed by atoms with van der Waals surface area (Å²) in [4.78, 5) is -0.693. The molecule has 1 aromatic carbocycles. The fourth-order valence-corrected chi connectivity index (χ4v) is 2.35. The maximum Gasteiger partial charge on any atom is 0.243 e. The van der Waals surface area contributed by atoms with Gasteiger partial charge in [0, 0.05) is 6.54 Å². The van der Waals surface area contributed by atoms with E-state index in [0.29, 0.717) is 12.6 Å². The predicted octanol–water partition coefficient (Wildman–Crippen LogP) is 1.26. The summed E-state index contributed by atoms with van der Waals surface area (Å²) >= 11 is 0. The molecule has 0 fully saturated rings. The van der Waals surface area contributed by atoms with E-state index in [1.54, 1.807) is 6.92 Å². The Labute approximate surface area is 111 Å². The second kappa shape index (κ2) is 6.98. The van der Waals surface area contributed by atoms with E-state index in [9.17, 15) is 17.2 Å². The Bertz CT molecular complexity index is 497. The second-order valence-electron chi connectivity index (χ2n) is 3.77. The highest BCUT2D eigenvalue weighted by molar-refractivity contribution is 7.89. The zero-order chi connectivity index (χ0) is 13.1. The molecule has 0 heterocycles. The number of nitrogens with one attached hydrogen (secondary N) is 1. The minimum Gasteiger partial charge on any atom is -0.330 e. The molecule has 1 aromatic rings. The Morgan fingerprint density at radius 1 is 1.39 bits per heavy atom. The summed E-state index contributed by atoms with van der Waals surface area (Å²) in [6.07, 6.45) is 0. The van der Waals surface area contributed by atoms with Crippen molar-refractivity contribution in [3.05, 3.63) is 29.8 Å². The van der Waals surface area contributed by atoms with Crippen LogP contribution in [-0.2, 0) is 10.0 Å². The van der Waals surface area contributed by atoms with Crippen molar-refractivity contribution in [2.75, 3.05) is 13.1 Å². The van der Waals surface area contributed by atoms with Crippen molar-refractivity contribution in [3.63, 3.8) is 0 Å². The highest BCUT2D eigenvalue weighted by Gasteiger charge is 2.20. The predicted molar refractivity (Wildman–Crippen MR) is 67.0 cm³/mol. The lowest BCUT2D eigenvalue weighted by Crippen LogP contribution is -2.31. The fraction of sp³-hybridized carbons (Fsp3) is 0.400. The number of sulfonamides is 1. The topological polar surface area (TPSA) is 72.2 Å². The van der Waals surface area contributed by atoms with E-state index >= 15 is 0 Å². The standard InChI is InChI=1S/C10H14F2N2O2S.ClH/c1-7(5-13)6-14-17(15,16)10-4-8(11)2-3-9(10)12;/h2-4,7,14H,5-6,13H2,1H3;1H. The zero-order valence-electron chi connectivity index (χ0n) is 9.69. The fourth-order valence-electron chi connectivity index (χ4n) is 1.10. The van der Waals surface area contributed by atoms with Crippen molar-refractivity contribution in [1.82, 2.24) is 4.72 Å². The van der Waals surface area contributed by atoms with Crippen LogP contribution in [0.2, 0.25) is 0 Å². The summed E-state index contributed by atoms with van der Waals surface area (Å²) in [7, 11) is -4.04. The van der Waals surface area contributed by atoms with Gasteiger partial charge in [-0.1, -0.05) is 6.92 Å². The lowest BCUT2D eigenvalue weighted by Gasteiger charge is -2.11. The molecule has 0 aliphatic carbocycles. The SMILES string of the molecule is CC(CN)CNS(=O)(=O)c1cc(F)ccc1F.Cl. The molecule has 4 nitrogen and oxygen atoms in total. The van der Waals surface area contributed by atoms with Crippen LogP contribution in [0.5, 0.6) is 0 Å². The molecule has 0 saturated carbocycles. The molecule has 1 unspecified atom stereocenters. The molecule has 18 heavy (non-hydrogen) atoms. The van der Waals surface area contributed by atoms with E-state index in [1.807, 2.05) is 0 Å². The van der Waals surface area contributed by atoms with E-state index < -0.39 is 26.6 Å². The van der Waals surface area contributed by atoms with Gasteiger partial charge < -0.3 is 5.73 Å². The van der Waals surface area contributed by atoms with Gasteiger partial charge >= 0.3 is 0 Å². The summed E-state index contributed by atoms with van der Waals surface area (Å²) in [5.41, 5.74) is 5.33. The first-order chi connectivity index (χ1) is 7.86. The Morgan fingerprint density at radius 3 is 2.56 bits per heavy atom. The minimum absolute atomic E-state index is 0. The van der Waals surface area contributed by atoms with Crippen LogP contribution in [0, 0.1) is 17.6 Å². The van der Waals surface area contributed by atoms with E-state index in [2.05, 4.69) is 4.72 Å². The van der Waals surface area contributed by atoms with Gasteiger partial charge in [-0.05, 0) is 30.7 Å². The summed E-state index contributed by atoms with van der Waals surface area (Å²) in [6.45, 7) is 2.12. The average Bonchev–Trinajstić information content (AvgIpc) is 2.29. The van der Waals surface area contributed by atoms with Crippen molar-refractivity contribution >= 4 is 22.4 Å². The summed E-state index contributed by atoms with van der Waals surface area (Å²) in [6, 6.07) is 2.28. The molecule has 104 valence electrons. The van der Waals surface area contributed by atoms with Gasteiger partial charge in [0.2, 0.25) is 10.0 Å². The number of halogens is 3. The molecule has 1 rings (SSSR count). The van der Waals surface area contributed by atoms with Gasteiger partial charge in [-0.3, -0.25) is 0 Å². The summed E-state index contributed by atoms with van der Waals surface area (Å²) in [5, 5.41) is 0. The molecule has 0 aliphatic heterocycles. The Morgan fingerprint density at radius 2 is 2.00 bits per heavy atom. The van der Waals surface area contributed by atoms with E-state index in [1.165, 1.54) is 0 Å². The monoisotopic (exact) mass is 300 g/mol.